The summed E-state index contributed by atoms with van der Waals surface area (Å²) >= 11 is 6.21. The van der Waals surface area contributed by atoms with Gasteiger partial charge in [-0.15, -0.1) is 0 Å². The van der Waals surface area contributed by atoms with E-state index in [1.807, 2.05) is 18.5 Å². The van der Waals surface area contributed by atoms with Gasteiger partial charge >= 0.3 is 0 Å². The quantitative estimate of drug-likeness (QED) is 0.633. The van der Waals surface area contributed by atoms with E-state index in [4.69, 9.17) is 17.4 Å². The number of nitrogens with zero attached hydrogens (tertiary/aromatic N) is 2. The Labute approximate surface area is 124 Å². The van der Waals surface area contributed by atoms with Crippen LogP contribution in [0.25, 0.3) is 0 Å². The van der Waals surface area contributed by atoms with Crippen molar-refractivity contribution >= 4 is 21.4 Å². The summed E-state index contributed by atoms with van der Waals surface area (Å²) in [5.74, 6) is 6.27. The maximum Gasteiger partial charge on any atom is 0.150 e. The summed E-state index contributed by atoms with van der Waals surface area (Å²) in [6.07, 6.45) is 2.94. The predicted octanol–water partition coefficient (Wildman–Crippen LogP) is 1.45. The molecule has 2 unspecified atom stereocenters. The van der Waals surface area contributed by atoms with Crippen molar-refractivity contribution < 1.29 is 8.42 Å². The lowest BCUT2D eigenvalue weighted by atomic mass is 9.97. The number of nitrogens with two attached hydrogens (primary N) is 1. The highest BCUT2D eigenvalue weighted by atomic mass is 35.5. The lowest BCUT2D eigenvalue weighted by Gasteiger charge is -2.22. The topological polar surface area (TPSA) is 90.0 Å². The second-order valence-electron chi connectivity index (χ2n) is 5.64. The van der Waals surface area contributed by atoms with Gasteiger partial charge in [-0.1, -0.05) is 11.6 Å². The first-order valence-electron chi connectivity index (χ1n) is 6.73. The van der Waals surface area contributed by atoms with Crippen LogP contribution in [0.3, 0.4) is 0 Å². The maximum absolute atomic E-state index is 11.5. The molecule has 6 nitrogen and oxygen atoms in total. The minimum absolute atomic E-state index is 0.118. The Hall–Kier alpha value is -0.630. The molecule has 1 aromatic heterocycles. The number of halogens is 1. The lowest BCUT2D eigenvalue weighted by Crippen LogP contribution is -2.32. The van der Waals surface area contributed by atoms with Crippen molar-refractivity contribution in [2.24, 2.45) is 11.8 Å². The molecule has 2 rings (SSSR count). The Kier molecular flexibility index (Phi) is 4.73. The molecule has 3 N–H and O–H groups in total. The number of rotatable bonds is 5. The zero-order valence-corrected chi connectivity index (χ0v) is 13.3. The Bertz CT molecular complexity index is 570. The minimum atomic E-state index is -2.88. The number of sulfone groups is 1. The van der Waals surface area contributed by atoms with Crippen LogP contribution in [0.1, 0.15) is 44.5 Å². The summed E-state index contributed by atoms with van der Waals surface area (Å²) in [7, 11) is -2.88. The van der Waals surface area contributed by atoms with Gasteiger partial charge in [-0.2, -0.15) is 5.10 Å². The highest BCUT2D eigenvalue weighted by molar-refractivity contribution is 7.91. The van der Waals surface area contributed by atoms with Crippen LogP contribution >= 0.6 is 11.6 Å². The summed E-state index contributed by atoms with van der Waals surface area (Å²) in [5, 5.41) is 4.82. The molecular formula is C12H21ClN4O2S. The summed E-state index contributed by atoms with van der Waals surface area (Å²) in [6, 6.07) is -0.0219. The molecule has 2 heterocycles. The summed E-state index contributed by atoms with van der Waals surface area (Å²) in [6.45, 7) is 4.03. The number of hydrogen-bond donors (Lipinski definition) is 2. The third kappa shape index (κ3) is 3.33. The average molecular weight is 321 g/mol. The molecule has 0 aromatic carbocycles. The average Bonchev–Trinajstić information content (AvgIpc) is 2.89. The van der Waals surface area contributed by atoms with E-state index in [-0.39, 0.29) is 29.5 Å². The van der Waals surface area contributed by atoms with E-state index >= 15 is 0 Å². The fourth-order valence-electron chi connectivity index (χ4n) is 2.74. The van der Waals surface area contributed by atoms with Crippen molar-refractivity contribution in [2.45, 2.75) is 38.8 Å². The smallest absolute Gasteiger partial charge is 0.150 e. The third-order valence-corrected chi connectivity index (χ3v) is 5.83. The van der Waals surface area contributed by atoms with E-state index in [1.54, 1.807) is 6.20 Å². The fourth-order valence-corrected chi connectivity index (χ4v) is 4.88. The molecule has 1 aliphatic heterocycles. The first-order valence-corrected chi connectivity index (χ1v) is 8.93. The SMILES string of the molecule is CC(C)n1ncc(Cl)c1C(CC1CCS(=O)(=O)C1)NN. The van der Waals surface area contributed by atoms with Gasteiger partial charge in [0.25, 0.3) is 0 Å². The van der Waals surface area contributed by atoms with Gasteiger partial charge in [0.2, 0.25) is 0 Å². The van der Waals surface area contributed by atoms with Crippen molar-refractivity contribution in [1.29, 1.82) is 0 Å². The fraction of sp³-hybridized carbons (Fsp3) is 0.750. The molecule has 0 radical (unpaired) electrons. The normalized spacial score (nSPS) is 23.4. The van der Waals surface area contributed by atoms with E-state index in [1.165, 1.54) is 0 Å². The number of aromatic nitrogens is 2. The van der Waals surface area contributed by atoms with E-state index < -0.39 is 9.84 Å². The van der Waals surface area contributed by atoms with Crippen LogP contribution < -0.4 is 11.3 Å². The molecule has 0 saturated carbocycles. The van der Waals surface area contributed by atoms with Crippen LogP contribution in [0, 0.1) is 5.92 Å². The van der Waals surface area contributed by atoms with Crippen LogP contribution in [0.5, 0.6) is 0 Å². The zero-order valence-electron chi connectivity index (χ0n) is 11.7. The molecule has 2 atom stereocenters. The summed E-state index contributed by atoms with van der Waals surface area (Å²) in [4.78, 5) is 0. The Morgan fingerprint density at radius 2 is 2.30 bits per heavy atom. The molecular weight excluding hydrogens is 300 g/mol. The number of nitrogens with one attached hydrogen (secondary N) is 1. The standard InChI is InChI=1S/C12H21ClN4O2S/c1-8(2)17-12(10(13)6-15-17)11(16-14)5-9-3-4-20(18,19)7-9/h6,8-9,11,16H,3-5,7,14H2,1-2H3. The van der Waals surface area contributed by atoms with Crippen molar-refractivity contribution in [3.8, 4) is 0 Å². The van der Waals surface area contributed by atoms with Gasteiger partial charge in [-0.3, -0.25) is 16.0 Å². The largest absolute Gasteiger partial charge is 0.271 e. The molecule has 114 valence electrons. The monoisotopic (exact) mass is 320 g/mol. The van der Waals surface area contributed by atoms with Gasteiger partial charge in [-0.25, -0.2) is 8.42 Å². The Balaban J connectivity index is 2.19. The molecule has 8 heteroatoms. The molecule has 0 spiro atoms. The maximum atomic E-state index is 11.5. The zero-order chi connectivity index (χ0) is 14.9. The van der Waals surface area contributed by atoms with E-state index in [0.717, 1.165) is 5.69 Å². The van der Waals surface area contributed by atoms with Crippen LogP contribution in [0.4, 0.5) is 0 Å². The van der Waals surface area contributed by atoms with Crippen molar-refractivity contribution in [2.75, 3.05) is 11.5 Å². The minimum Gasteiger partial charge on any atom is -0.271 e. The second kappa shape index (κ2) is 6.01. The van der Waals surface area contributed by atoms with Crippen LogP contribution in [-0.2, 0) is 9.84 Å². The van der Waals surface area contributed by atoms with Crippen molar-refractivity contribution in [1.82, 2.24) is 15.2 Å². The van der Waals surface area contributed by atoms with Crippen LogP contribution in [0.15, 0.2) is 6.20 Å². The van der Waals surface area contributed by atoms with Crippen LogP contribution in [-0.4, -0.2) is 29.7 Å². The Morgan fingerprint density at radius 3 is 2.80 bits per heavy atom. The number of hydrogen-bond acceptors (Lipinski definition) is 5. The van der Waals surface area contributed by atoms with Gasteiger partial charge in [0.1, 0.15) is 0 Å². The summed E-state index contributed by atoms with van der Waals surface area (Å²) < 4.78 is 24.9. The molecule has 1 fully saturated rings. The number of hydrazine groups is 1. The molecule has 1 aromatic rings. The van der Waals surface area contributed by atoms with E-state index in [9.17, 15) is 8.42 Å². The molecule has 1 aliphatic rings. The third-order valence-electron chi connectivity index (χ3n) is 3.70. The highest BCUT2D eigenvalue weighted by Gasteiger charge is 2.31. The molecule has 1 saturated heterocycles. The highest BCUT2D eigenvalue weighted by Crippen LogP contribution is 2.32. The molecule has 0 amide bonds. The van der Waals surface area contributed by atoms with E-state index in [0.29, 0.717) is 17.9 Å². The summed E-state index contributed by atoms with van der Waals surface area (Å²) in [5.41, 5.74) is 3.58. The second-order valence-corrected chi connectivity index (χ2v) is 8.28. The predicted molar refractivity (Wildman–Crippen MR) is 79.1 cm³/mol. The van der Waals surface area contributed by atoms with Crippen molar-refractivity contribution in [3.05, 3.63) is 16.9 Å². The van der Waals surface area contributed by atoms with Crippen LogP contribution in [0.2, 0.25) is 5.02 Å². The van der Waals surface area contributed by atoms with Gasteiger partial charge in [0.15, 0.2) is 9.84 Å². The van der Waals surface area contributed by atoms with E-state index in [2.05, 4.69) is 10.5 Å². The lowest BCUT2D eigenvalue weighted by molar-refractivity contribution is 0.384. The molecule has 0 bridgehead atoms. The first-order chi connectivity index (χ1) is 9.34. The van der Waals surface area contributed by atoms with Gasteiger partial charge in [0, 0.05) is 6.04 Å². The van der Waals surface area contributed by atoms with Gasteiger partial charge in [-0.05, 0) is 32.6 Å². The molecule has 0 aliphatic carbocycles. The van der Waals surface area contributed by atoms with Gasteiger partial charge in [0.05, 0.1) is 34.5 Å². The first kappa shape index (κ1) is 15.8. The molecule has 20 heavy (non-hydrogen) atoms. The van der Waals surface area contributed by atoms with Gasteiger partial charge < -0.3 is 0 Å². The van der Waals surface area contributed by atoms with Crippen molar-refractivity contribution in [3.63, 3.8) is 0 Å². The Morgan fingerprint density at radius 1 is 1.60 bits per heavy atom.